The van der Waals surface area contributed by atoms with Gasteiger partial charge in [0.05, 0.1) is 17.6 Å². The Bertz CT molecular complexity index is 3250. The van der Waals surface area contributed by atoms with Gasteiger partial charge in [-0.25, -0.2) is 14.6 Å². The average molecular weight is 1220 g/mol. The van der Waals surface area contributed by atoms with Crippen molar-refractivity contribution in [3.63, 3.8) is 0 Å². The molecule has 3 aromatic carbocycles. The van der Waals surface area contributed by atoms with Crippen molar-refractivity contribution in [3.05, 3.63) is 136 Å². The third-order valence-electron chi connectivity index (χ3n) is 15.2. The van der Waals surface area contributed by atoms with Crippen molar-refractivity contribution in [2.75, 3.05) is 63.0 Å². The number of carbonyl (C=O) groups excluding carboxylic acids is 9. The highest BCUT2D eigenvalue weighted by Crippen LogP contribution is 2.29. The molecule has 0 saturated carbocycles. The van der Waals surface area contributed by atoms with Gasteiger partial charge in [0.2, 0.25) is 17.7 Å². The van der Waals surface area contributed by atoms with Crippen LogP contribution in [-0.2, 0) is 54.8 Å². The van der Waals surface area contributed by atoms with E-state index in [-0.39, 0.29) is 87.5 Å². The summed E-state index contributed by atoms with van der Waals surface area (Å²) < 4.78 is 5.37. The van der Waals surface area contributed by atoms with Gasteiger partial charge in [-0.15, -0.1) is 0 Å². The van der Waals surface area contributed by atoms with Crippen molar-refractivity contribution >= 4 is 82.4 Å². The van der Waals surface area contributed by atoms with E-state index in [1.807, 2.05) is 30.3 Å². The van der Waals surface area contributed by atoms with Crippen LogP contribution in [0.25, 0.3) is 6.08 Å². The van der Waals surface area contributed by atoms with Crippen LogP contribution in [-0.4, -0.2) is 143 Å². The van der Waals surface area contributed by atoms with Crippen LogP contribution in [0.4, 0.5) is 26.7 Å². The second-order valence-electron chi connectivity index (χ2n) is 22.8. The summed E-state index contributed by atoms with van der Waals surface area (Å²) in [6.07, 6.45) is 11.2. The molecule has 0 unspecified atom stereocenters. The topological polar surface area (TPSA) is 334 Å². The number of nitrogens with two attached hydrogens (primary N) is 2. The second-order valence-corrected chi connectivity index (χ2v) is 22.8. The van der Waals surface area contributed by atoms with Gasteiger partial charge in [-0.3, -0.25) is 53.2 Å². The number of aliphatic imine (C=N–C) groups is 1. The Morgan fingerprint density at radius 3 is 2.16 bits per heavy atom. The number of hydrogen-bond acceptors (Lipinski definition) is 15. The lowest BCUT2D eigenvalue weighted by Gasteiger charge is -2.28. The number of nitrogens with one attached hydrogen (secondary N) is 7. The molecule has 0 fully saturated rings. The summed E-state index contributed by atoms with van der Waals surface area (Å²) in [6, 6.07) is 18.6. The number of nitrogens with zero attached hydrogens (tertiary/aromatic N) is 5. The van der Waals surface area contributed by atoms with Gasteiger partial charge in [0.15, 0.2) is 0 Å². The minimum atomic E-state index is -1.06. The number of primary amides is 1. The van der Waals surface area contributed by atoms with Gasteiger partial charge in [-0.2, -0.15) is 0 Å². The fourth-order valence-electron chi connectivity index (χ4n) is 10.6. The number of alkyl carbamates (subject to hydrolysis) is 1. The number of benzene rings is 3. The molecule has 24 nitrogen and oxygen atoms in total. The minimum absolute atomic E-state index is 0.0916. The summed E-state index contributed by atoms with van der Waals surface area (Å²) >= 11 is 0. The molecule has 0 aliphatic carbocycles. The molecule has 3 aliphatic rings. The summed E-state index contributed by atoms with van der Waals surface area (Å²) in [5, 5.41) is 19.2. The molecular formula is C65H84N14O10. The Hall–Kier alpha value is -9.29. The third-order valence-corrected chi connectivity index (χ3v) is 15.2. The number of unbranched alkanes of at least 4 members (excludes halogenated alkanes) is 2. The molecule has 24 heteroatoms. The molecule has 2 atom stereocenters. The summed E-state index contributed by atoms with van der Waals surface area (Å²) in [7, 11) is 0. The normalized spacial score (nSPS) is 14.3. The molecule has 10 amide bonds. The van der Waals surface area contributed by atoms with E-state index >= 15 is 0 Å². The van der Waals surface area contributed by atoms with E-state index in [1.165, 1.54) is 17.7 Å². The highest BCUT2D eigenvalue weighted by atomic mass is 16.5. The van der Waals surface area contributed by atoms with Crippen LogP contribution in [0.2, 0.25) is 0 Å². The zero-order valence-corrected chi connectivity index (χ0v) is 51.3. The monoisotopic (exact) mass is 1220 g/mol. The van der Waals surface area contributed by atoms with Crippen LogP contribution >= 0.6 is 0 Å². The van der Waals surface area contributed by atoms with Crippen molar-refractivity contribution in [2.24, 2.45) is 22.4 Å². The maximum atomic E-state index is 13.6. The molecule has 1 aromatic heterocycles. The number of amidine groups is 1. The maximum Gasteiger partial charge on any atom is 0.407 e. The second kappa shape index (κ2) is 33.7. The first kappa shape index (κ1) is 67.2. The highest BCUT2D eigenvalue weighted by molar-refractivity contribution is 6.13. The standard InChI is InChI=1S/C65H84N14O10/c1-5-29-77(30-6-2)39-45-33-47-19-20-48(36-54(47)74-55(66)34-45)61(84)73-51-35-49-40-78(32-25-52(49)71-37-51)38-43-13-17-46(18-14-43)60(83)68-27-28-70-65(88)89-41-44-15-21-50(22-16-44)72-62(85)53(11-10-26-69-64(67)87)75-63(86)59(42(3)4)76-56(80)12-8-7-9-31-79-57(81)23-24-58(79)82/h13-24,33,35-37,42,53,59H,5-12,25-32,34,38-41H2,1-4H3,(H2,66,74)(H,68,83)(H,70,88)(H,72,85)(H,73,84)(H,75,86)(H,76,80)(H3,67,69,87)/t53-,59-/m0/s1. The van der Waals surface area contributed by atoms with Crippen molar-refractivity contribution in [2.45, 2.75) is 124 Å². The molecule has 7 rings (SSSR count). The Kier molecular flexibility index (Phi) is 25.5. The molecule has 3 aliphatic heterocycles. The van der Waals surface area contributed by atoms with E-state index in [1.54, 1.807) is 62.5 Å². The Morgan fingerprint density at radius 1 is 0.742 bits per heavy atom. The van der Waals surface area contributed by atoms with Gasteiger partial charge in [0.1, 0.15) is 24.5 Å². The Morgan fingerprint density at radius 2 is 1.45 bits per heavy atom. The van der Waals surface area contributed by atoms with Crippen LogP contribution in [0.5, 0.6) is 0 Å². The number of fused-ring (bicyclic) bond motifs is 2. The molecule has 11 N–H and O–H groups in total. The van der Waals surface area contributed by atoms with Crippen molar-refractivity contribution in [1.29, 1.82) is 0 Å². The SMILES string of the molecule is CCCN(CCC)CC1=Cc2ccc(C(=O)Nc3cnc4c(c3)CN(Cc3ccc(C(=O)NCCNC(=O)OCc5ccc(NC(=O)[C@H](CCCNC(N)=O)NC(=O)[C@@H](NC(=O)CCCCCN6C(=O)C=CC6=O)C(C)C)cc5)cc3)CC4)cc2N=C(N)C1. The lowest BCUT2D eigenvalue weighted by molar-refractivity contribution is -0.137. The number of aromatic nitrogens is 1. The van der Waals surface area contributed by atoms with Gasteiger partial charge in [0, 0.05) is 112 Å². The first-order valence-electron chi connectivity index (χ1n) is 30.6. The predicted octanol–water partition coefficient (Wildman–Crippen LogP) is 5.94. The summed E-state index contributed by atoms with van der Waals surface area (Å²) in [4.78, 5) is 129. The lowest BCUT2D eigenvalue weighted by atomic mass is 10.0. The largest absolute Gasteiger partial charge is 0.445 e. The number of pyridine rings is 1. The Balaban J connectivity index is 0.801. The number of rotatable bonds is 32. The van der Waals surface area contributed by atoms with Crippen molar-refractivity contribution in [1.82, 2.24) is 46.3 Å². The third kappa shape index (κ3) is 21.2. The molecule has 0 spiro atoms. The average Bonchev–Trinajstić information content (AvgIpc) is 2.67. The fraction of sp³-hybridized carbons (Fsp3) is 0.431. The van der Waals surface area contributed by atoms with Gasteiger partial charge in [0.25, 0.3) is 23.6 Å². The van der Waals surface area contributed by atoms with Crippen molar-refractivity contribution in [3.8, 4) is 0 Å². The highest BCUT2D eigenvalue weighted by Gasteiger charge is 2.30. The van der Waals surface area contributed by atoms with E-state index in [9.17, 15) is 43.2 Å². The fourth-order valence-corrected chi connectivity index (χ4v) is 10.6. The number of anilines is 2. The predicted molar refractivity (Wildman–Crippen MR) is 339 cm³/mol. The zero-order chi connectivity index (χ0) is 63.8. The molecule has 0 bridgehead atoms. The molecule has 4 heterocycles. The van der Waals surface area contributed by atoms with Crippen LogP contribution < -0.4 is 48.7 Å². The Labute approximate surface area is 519 Å². The van der Waals surface area contributed by atoms with E-state index < -0.39 is 36.0 Å². The smallest absolute Gasteiger partial charge is 0.407 e. The molecule has 0 saturated heterocycles. The number of hydrogen-bond donors (Lipinski definition) is 9. The molecule has 4 aromatic rings. The number of imide groups is 1. The number of urea groups is 1. The van der Waals surface area contributed by atoms with E-state index in [4.69, 9.17) is 21.2 Å². The van der Waals surface area contributed by atoms with E-state index in [0.29, 0.717) is 78.4 Å². The van der Waals surface area contributed by atoms with E-state index in [2.05, 4.69) is 71.9 Å². The van der Waals surface area contributed by atoms with Gasteiger partial charge in [-0.05, 0) is 122 Å². The van der Waals surface area contributed by atoms with Crippen LogP contribution in [0.15, 0.2) is 102 Å². The maximum absolute atomic E-state index is 13.6. The molecule has 89 heavy (non-hydrogen) atoms. The first-order chi connectivity index (χ1) is 42.8. The quantitative estimate of drug-likeness (QED) is 0.0202. The van der Waals surface area contributed by atoms with Crippen LogP contribution in [0.3, 0.4) is 0 Å². The summed E-state index contributed by atoms with van der Waals surface area (Å²) in [6.45, 7) is 13.4. The van der Waals surface area contributed by atoms with Gasteiger partial charge >= 0.3 is 12.1 Å². The van der Waals surface area contributed by atoms with Gasteiger partial charge < -0.3 is 53.4 Å². The van der Waals surface area contributed by atoms with Crippen molar-refractivity contribution < 1.29 is 47.9 Å². The first-order valence-corrected chi connectivity index (χ1v) is 30.6. The van der Waals surface area contributed by atoms with E-state index in [0.717, 1.165) is 72.7 Å². The summed E-state index contributed by atoms with van der Waals surface area (Å²) in [5.41, 5.74) is 20.0. The number of ether oxygens (including phenoxy) is 1. The van der Waals surface area contributed by atoms with Gasteiger partial charge in [-0.1, -0.05) is 70.5 Å². The molecular weight excluding hydrogens is 1140 g/mol. The number of carbonyl (C=O) groups is 9. The lowest BCUT2D eigenvalue weighted by Crippen LogP contribution is -2.54. The molecule has 474 valence electrons. The minimum Gasteiger partial charge on any atom is -0.445 e. The summed E-state index contributed by atoms with van der Waals surface area (Å²) in [5.74, 6) is -2.60. The number of amides is 10. The van der Waals surface area contributed by atoms with Crippen LogP contribution in [0.1, 0.15) is 134 Å². The molecule has 0 radical (unpaired) electrons. The van der Waals surface area contributed by atoms with Crippen LogP contribution in [0, 0.1) is 5.92 Å². The zero-order valence-electron chi connectivity index (χ0n) is 51.3.